The summed E-state index contributed by atoms with van der Waals surface area (Å²) in [6.45, 7) is 1.73. The minimum Gasteiger partial charge on any atom is -0.496 e. The Morgan fingerprint density at radius 1 is 0.889 bits per heavy atom. The monoisotopic (exact) mass is 652 g/mol. The molecule has 0 radical (unpaired) electrons. The van der Waals surface area contributed by atoms with Gasteiger partial charge in [0, 0.05) is 11.8 Å². The highest BCUT2D eigenvalue weighted by molar-refractivity contribution is 7.60. The lowest BCUT2D eigenvalue weighted by Gasteiger charge is -2.47. The van der Waals surface area contributed by atoms with Crippen molar-refractivity contribution in [1.29, 1.82) is 0 Å². The number of carbonyl (C=O) groups is 1. The van der Waals surface area contributed by atoms with Gasteiger partial charge in [-0.05, 0) is 47.9 Å². The third-order valence-electron chi connectivity index (χ3n) is 9.04. The van der Waals surface area contributed by atoms with Gasteiger partial charge in [0.1, 0.15) is 41.2 Å². The number of esters is 1. The van der Waals surface area contributed by atoms with E-state index in [1.165, 1.54) is 26.4 Å². The van der Waals surface area contributed by atoms with Crippen LogP contribution in [-0.4, -0.2) is 97.2 Å². The minimum atomic E-state index is -4.83. The topological polar surface area (TPSA) is 198 Å². The molecule has 0 amide bonds. The highest BCUT2D eigenvalue weighted by atomic mass is 31.2. The van der Waals surface area contributed by atoms with Gasteiger partial charge >= 0.3 is 13.6 Å². The van der Waals surface area contributed by atoms with Crippen LogP contribution in [0, 0.1) is 11.8 Å². The maximum Gasteiger partial charge on any atom is 0.363 e. The Balaban J connectivity index is 1.33. The number of fused-ring (bicyclic) bond motifs is 4. The van der Waals surface area contributed by atoms with E-state index < -0.39 is 79.7 Å². The van der Waals surface area contributed by atoms with Gasteiger partial charge in [0.15, 0.2) is 24.1 Å². The summed E-state index contributed by atoms with van der Waals surface area (Å²) in [5.74, 6) is -2.08. The minimum absolute atomic E-state index is 0.0277. The molecule has 3 fully saturated rings. The van der Waals surface area contributed by atoms with E-state index in [-0.39, 0.29) is 31.5 Å². The van der Waals surface area contributed by atoms with Crippen LogP contribution in [0.4, 0.5) is 0 Å². The third-order valence-corrected chi connectivity index (χ3v) is 10.1. The van der Waals surface area contributed by atoms with Gasteiger partial charge in [-0.15, -0.1) is 0 Å². The Labute approximate surface area is 256 Å². The van der Waals surface area contributed by atoms with Crippen LogP contribution in [0.1, 0.15) is 35.6 Å². The first-order valence-corrected chi connectivity index (χ1v) is 16.0. The molecular formula is C29H33O15P. The summed E-state index contributed by atoms with van der Waals surface area (Å²) in [6.07, 6.45) is -7.16. The fourth-order valence-corrected chi connectivity index (χ4v) is 7.91. The summed E-state index contributed by atoms with van der Waals surface area (Å²) in [5, 5.41) is 21.6. The standard InChI is InChI=1S/C29H33O15P/c1-11-38-9-20-26(42-11)23(30)24(31)29(43-20)44-25-14-7-17-16(40-10-41-17)6-13(14)21(22-15(25)8-39-28(22)32)12-4-18(36-2)27(45(33,34)35)19(5-12)37-3/h4-7,11,15,20-26,29-31H,8-10H2,1-3H3,(H2,33,34,35). The number of hydrogen-bond acceptors (Lipinski definition) is 13. The molecule has 0 aromatic heterocycles. The Morgan fingerprint density at radius 3 is 2.20 bits per heavy atom. The lowest BCUT2D eigenvalue weighted by atomic mass is 9.66. The zero-order valence-corrected chi connectivity index (χ0v) is 25.3. The summed E-state index contributed by atoms with van der Waals surface area (Å²) >= 11 is 0. The van der Waals surface area contributed by atoms with Gasteiger partial charge in [-0.1, -0.05) is 0 Å². The molecule has 15 nitrogen and oxygen atoms in total. The van der Waals surface area contributed by atoms with Gasteiger partial charge in [0.25, 0.3) is 0 Å². The largest absolute Gasteiger partial charge is 0.496 e. The number of carbonyl (C=O) groups excluding carboxylic acids is 1. The van der Waals surface area contributed by atoms with Crippen LogP contribution in [0.25, 0.3) is 0 Å². The Bertz CT molecular complexity index is 1510. The Hall–Kier alpha value is -2.98. The average molecular weight is 653 g/mol. The highest BCUT2D eigenvalue weighted by Gasteiger charge is 2.56. The van der Waals surface area contributed by atoms with Crippen molar-refractivity contribution in [3.05, 3.63) is 41.0 Å². The van der Waals surface area contributed by atoms with E-state index in [0.717, 1.165) is 0 Å². The number of rotatable bonds is 6. The number of cyclic esters (lactones) is 1. The fraction of sp³-hybridized carbons (Fsp3) is 0.552. The van der Waals surface area contributed by atoms with Crippen molar-refractivity contribution < 1.29 is 72.0 Å². The molecule has 0 bridgehead atoms. The first-order chi connectivity index (χ1) is 21.5. The van der Waals surface area contributed by atoms with Crippen LogP contribution < -0.4 is 24.3 Å². The molecule has 4 N–H and O–H groups in total. The van der Waals surface area contributed by atoms with Gasteiger partial charge < -0.3 is 62.6 Å². The number of benzene rings is 2. The van der Waals surface area contributed by atoms with Crippen molar-refractivity contribution in [2.24, 2.45) is 11.8 Å². The van der Waals surface area contributed by atoms with Gasteiger partial charge in [-0.25, -0.2) is 0 Å². The Kier molecular flexibility index (Phi) is 7.75. The molecule has 2 aromatic carbocycles. The average Bonchev–Trinajstić information content (AvgIpc) is 3.63. The lowest BCUT2D eigenvalue weighted by molar-refractivity contribution is -0.364. The second-order valence-corrected chi connectivity index (χ2v) is 13.1. The quantitative estimate of drug-likeness (QED) is 0.247. The summed E-state index contributed by atoms with van der Waals surface area (Å²) in [6, 6.07) is 6.39. The van der Waals surface area contributed by atoms with Crippen LogP contribution in [0.15, 0.2) is 24.3 Å². The van der Waals surface area contributed by atoms with Crippen molar-refractivity contribution in [2.75, 3.05) is 34.2 Å². The van der Waals surface area contributed by atoms with Crippen molar-refractivity contribution in [1.82, 2.24) is 0 Å². The van der Waals surface area contributed by atoms with E-state index >= 15 is 0 Å². The molecule has 16 heteroatoms. The third kappa shape index (κ3) is 5.07. The number of hydrogen-bond donors (Lipinski definition) is 4. The van der Waals surface area contributed by atoms with Crippen molar-refractivity contribution in [2.45, 2.75) is 55.9 Å². The smallest absolute Gasteiger partial charge is 0.363 e. The molecule has 4 aliphatic heterocycles. The fourth-order valence-electron chi connectivity index (χ4n) is 7.02. The predicted octanol–water partition coefficient (Wildman–Crippen LogP) is 0.436. The molecule has 5 aliphatic rings. The van der Waals surface area contributed by atoms with E-state index in [9.17, 15) is 29.4 Å². The van der Waals surface area contributed by atoms with E-state index in [0.29, 0.717) is 28.2 Å². The van der Waals surface area contributed by atoms with Crippen molar-refractivity contribution in [3.63, 3.8) is 0 Å². The molecule has 7 rings (SSSR count). The molecule has 0 saturated carbocycles. The molecule has 1 aliphatic carbocycles. The summed E-state index contributed by atoms with van der Waals surface area (Å²) in [7, 11) is -2.27. The molecule has 3 saturated heterocycles. The summed E-state index contributed by atoms with van der Waals surface area (Å²) < 4.78 is 63.8. The van der Waals surface area contributed by atoms with Crippen LogP contribution in [0.3, 0.4) is 0 Å². The lowest BCUT2D eigenvalue weighted by Crippen LogP contribution is -2.63. The van der Waals surface area contributed by atoms with Crippen LogP contribution in [0.5, 0.6) is 23.0 Å². The van der Waals surface area contributed by atoms with E-state index in [1.807, 2.05) is 0 Å². The van der Waals surface area contributed by atoms with Gasteiger partial charge in [0.2, 0.25) is 6.79 Å². The van der Waals surface area contributed by atoms with Gasteiger partial charge in [0.05, 0.1) is 39.5 Å². The summed E-state index contributed by atoms with van der Waals surface area (Å²) in [5.41, 5.74) is 1.63. The molecule has 4 heterocycles. The maximum atomic E-state index is 13.5. The van der Waals surface area contributed by atoms with Gasteiger partial charge in [-0.2, -0.15) is 0 Å². The van der Waals surface area contributed by atoms with Crippen LogP contribution in [0.2, 0.25) is 0 Å². The maximum absolute atomic E-state index is 13.5. The summed E-state index contributed by atoms with van der Waals surface area (Å²) in [4.78, 5) is 33.6. The number of aliphatic hydroxyl groups is 2. The van der Waals surface area contributed by atoms with Crippen molar-refractivity contribution >= 4 is 18.9 Å². The van der Waals surface area contributed by atoms with Gasteiger partial charge in [-0.3, -0.25) is 9.36 Å². The predicted molar refractivity (Wildman–Crippen MR) is 148 cm³/mol. The molecular weight excluding hydrogens is 619 g/mol. The zero-order chi connectivity index (χ0) is 31.8. The van der Waals surface area contributed by atoms with Crippen molar-refractivity contribution in [3.8, 4) is 23.0 Å². The number of ether oxygens (including phenoxy) is 9. The van der Waals surface area contributed by atoms with E-state index in [4.69, 9.17) is 42.6 Å². The Morgan fingerprint density at radius 2 is 1.56 bits per heavy atom. The normalized spacial score (nSPS) is 35.2. The van der Waals surface area contributed by atoms with E-state index in [1.54, 1.807) is 19.1 Å². The first kappa shape index (κ1) is 30.7. The molecule has 0 spiro atoms. The van der Waals surface area contributed by atoms with Crippen LogP contribution in [-0.2, 0) is 33.0 Å². The molecule has 244 valence electrons. The molecule has 45 heavy (non-hydrogen) atoms. The molecule has 2 aromatic rings. The second-order valence-electron chi connectivity index (χ2n) is 11.5. The second kappa shape index (κ2) is 11.4. The number of methoxy groups -OCH3 is 2. The molecule has 10 unspecified atom stereocenters. The zero-order valence-electron chi connectivity index (χ0n) is 24.4. The molecule has 10 atom stereocenters. The first-order valence-electron chi connectivity index (χ1n) is 14.4. The SMILES string of the molecule is COc1cc(C2c3cc4c(cc3C(OC3OC5COC(C)OC5C(O)C3O)C3COC(=O)C23)OCO4)cc(OC)c1P(=O)(O)O. The van der Waals surface area contributed by atoms with E-state index in [2.05, 4.69) is 0 Å². The van der Waals surface area contributed by atoms with Crippen LogP contribution >= 0.6 is 7.60 Å². The highest BCUT2D eigenvalue weighted by Crippen LogP contribution is 2.57. The number of aliphatic hydroxyl groups excluding tert-OH is 2.